The number of fused-ring (bicyclic) bond motifs is 1. The molecule has 8 nitrogen and oxygen atoms in total. The number of carbonyl (C=O) groups is 1. The number of amides is 1. The monoisotopic (exact) mass is 490 g/mol. The Hall–Kier alpha value is -3.69. The Bertz CT molecular complexity index is 1400. The van der Waals surface area contributed by atoms with Gasteiger partial charge in [-0.15, -0.1) is 0 Å². The number of imidazole rings is 1. The molecule has 1 saturated heterocycles. The summed E-state index contributed by atoms with van der Waals surface area (Å²) in [6, 6.07) is 22.8. The second kappa shape index (κ2) is 9.52. The normalized spacial score (nSPS) is 16.9. The lowest BCUT2D eigenvalue weighted by atomic mass is 10.1. The molecule has 0 aliphatic carbocycles. The molecular formula is C26H26N4O4S. The summed E-state index contributed by atoms with van der Waals surface area (Å²) < 4.78 is 33.3. The van der Waals surface area contributed by atoms with Gasteiger partial charge in [0.05, 0.1) is 29.5 Å². The molecule has 1 aliphatic rings. The Balaban J connectivity index is 1.46. The number of hydrogen-bond donors (Lipinski definition) is 1. The minimum Gasteiger partial charge on any atom is -0.497 e. The molecule has 1 aromatic heterocycles. The largest absolute Gasteiger partial charge is 0.497 e. The van der Waals surface area contributed by atoms with Crippen molar-refractivity contribution in [3.05, 3.63) is 90.3 Å². The van der Waals surface area contributed by atoms with Crippen molar-refractivity contribution < 1.29 is 17.9 Å². The number of H-pyrrole nitrogens is 1. The van der Waals surface area contributed by atoms with E-state index in [9.17, 15) is 13.2 Å². The van der Waals surface area contributed by atoms with Gasteiger partial charge < -0.3 is 14.6 Å². The van der Waals surface area contributed by atoms with Crippen molar-refractivity contribution in [3.63, 3.8) is 0 Å². The van der Waals surface area contributed by atoms with Gasteiger partial charge in [0.2, 0.25) is 15.9 Å². The van der Waals surface area contributed by atoms with E-state index in [0.29, 0.717) is 5.82 Å². The first kappa shape index (κ1) is 23.1. The zero-order valence-electron chi connectivity index (χ0n) is 19.3. The number of aromatic amines is 1. The standard InChI is InChI=1S/C26H26N4O4S/c1-34-20-13-11-19(12-14-20)17-25(31)30-16-15-29(35(32,33)21-7-3-2-4-8-21)18-24(30)26-27-22-9-5-6-10-23(22)28-26/h2-14,24H,15-18H2,1H3,(H,27,28). The van der Waals surface area contributed by atoms with Crippen LogP contribution >= 0.6 is 0 Å². The molecule has 9 heteroatoms. The van der Waals surface area contributed by atoms with Crippen LogP contribution in [0.4, 0.5) is 0 Å². The molecule has 1 N–H and O–H groups in total. The Labute approximate surface area is 204 Å². The molecule has 180 valence electrons. The van der Waals surface area contributed by atoms with Crippen LogP contribution in [0.1, 0.15) is 17.4 Å². The molecular weight excluding hydrogens is 464 g/mol. The highest BCUT2D eigenvalue weighted by molar-refractivity contribution is 7.89. The number of para-hydroxylation sites is 2. The molecule has 1 fully saturated rings. The average molecular weight is 491 g/mol. The highest BCUT2D eigenvalue weighted by Gasteiger charge is 2.38. The maximum Gasteiger partial charge on any atom is 0.243 e. The van der Waals surface area contributed by atoms with Gasteiger partial charge >= 0.3 is 0 Å². The molecule has 5 rings (SSSR count). The van der Waals surface area contributed by atoms with Gasteiger partial charge in [-0.2, -0.15) is 4.31 Å². The summed E-state index contributed by atoms with van der Waals surface area (Å²) >= 11 is 0. The summed E-state index contributed by atoms with van der Waals surface area (Å²) in [6.45, 7) is 0.594. The zero-order chi connectivity index (χ0) is 24.4. The average Bonchev–Trinajstić information content (AvgIpc) is 3.33. The number of methoxy groups -OCH3 is 1. The van der Waals surface area contributed by atoms with Crippen LogP contribution in [0.25, 0.3) is 11.0 Å². The summed E-state index contributed by atoms with van der Waals surface area (Å²) in [5.41, 5.74) is 2.47. The molecule has 0 saturated carbocycles. The van der Waals surface area contributed by atoms with Gasteiger partial charge in [-0.05, 0) is 42.0 Å². The number of ether oxygens (including phenoxy) is 1. The molecule has 4 aromatic rings. The van der Waals surface area contributed by atoms with E-state index in [-0.39, 0.29) is 36.9 Å². The predicted octanol–water partition coefficient (Wildman–Crippen LogP) is 3.39. The van der Waals surface area contributed by atoms with Gasteiger partial charge in [-0.25, -0.2) is 13.4 Å². The van der Waals surface area contributed by atoms with Crippen molar-refractivity contribution in [1.82, 2.24) is 19.2 Å². The molecule has 1 unspecified atom stereocenters. The second-order valence-electron chi connectivity index (χ2n) is 8.44. The number of hydrogen-bond acceptors (Lipinski definition) is 5. The van der Waals surface area contributed by atoms with Gasteiger partial charge in [0.1, 0.15) is 17.6 Å². The lowest BCUT2D eigenvalue weighted by molar-refractivity contribution is -0.135. The predicted molar refractivity (Wildman–Crippen MR) is 132 cm³/mol. The number of rotatable bonds is 6. The Morgan fingerprint density at radius 3 is 2.43 bits per heavy atom. The fourth-order valence-corrected chi connectivity index (χ4v) is 5.86. The maximum absolute atomic E-state index is 13.4. The second-order valence-corrected chi connectivity index (χ2v) is 10.4. The van der Waals surface area contributed by atoms with Gasteiger partial charge in [-0.3, -0.25) is 4.79 Å². The van der Waals surface area contributed by atoms with Crippen LogP contribution in [0.2, 0.25) is 0 Å². The van der Waals surface area contributed by atoms with Crippen molar-refractivity contribution in [1.29, 1.82) is 0 Å². The first-order chi connectivity index (χ1) is 17.0. The molecule has 35 heavy (non-hydrogen) atoms. The van der Waals surface area contributed by atoms with E-state index in [1.165, 1.54) is 4.31 Å². The highest BCUT2D eigenvalue weighted by atomic mass is 32.2. The van der Waals surface area contributed by atoms with Crippen molar-refractivity contribution >= 4 is 27.0 Å². The van der Waals surface area contributed by atoms with Crippen molar-refractivity contribution in [2.75, 3.05) is 26.7 Å². The third-order valence-corrected chi connectivity index (χ3v) is 8.16. The lowest BCUT2D eigenvalue weighted by Crippen LogP contribution is -2.52. The lowest BCUT2D eigenvalue weighted by Gasteiger charge is -2.40. The van der Waals surface area contributed by atoms with E-state index in [1.54, 1.807) is 42.3 Å². The van der Waals surface area contributed by atoms with Gasteiger partial charge in [0.15, 0.2) is 0 Å². The zero-order valence-corrected chi connectivity index (χ0v) is 20.1. The highest BCUT2D eigenvalue weighted by Crippen LogP contribution is 2.29. The fourth-order valence-electron chi connectivity index (χ4n) is 4.40. The van der Waals surface area contributed by atoms with Crippen LogP contribution in [0, 0.1) is 0 Å². The van der Waals surface area contributed by atoms with E-state index in [2.05, 4.69) is 4.98 Å². The number of nitrogens with zero attached hydrogens (tertiary/aromatic N) is 3. The molecule has 1 atom stereocenters. The van der Waals surface area contributed by atoms with Crippen LogP contribution in [-0.2, 0) is 21.2 Å². The quantitative estimate of drug-likeness (QED) is 0.447. The van der Waals surface area contributed by atoms with Crippen molar-refractivity contribution in [3.8, 4) is 5.75 Å². The van der Waals surface area contributed by atoms with Crippen LogP contribution in [-0.4, -0.2) is 60.2 Å². The first-order valence-corrected chi connectivity index (χ1v) is 12.8. The summed E-state index contributed by atoms with van der Waals surface area (Å²) in [5, 5.41) is 0. The summed E-state index contributed by atoms with van der Waals surface area (Å²) in [4.78, 5) is 23.4. The Morgan fingerprint density at radius 1 is 1.00 bits per heavy atom. The molecule has 2 heterocycles. The minimum atomic E-state index is -3.71. The number of sulfonamides is 1. The van der Waals surface area contributed by atoms with E-state index in [1.807, 2.05) is 48.5 Å². The van der Waals surface area contributed by atoms with Crippen LogP contribution in [0.3, 0.4) is 0 Å². The summed E-state index contributed by atoms with van der Waals surface area (Å²) in [7, 11) is -2.11. The summed E-state index contributed by atoms with van der Waals surface area (Å²) in [6.07, 6.45) is 0.201. The van der Waals surface area contributed by atoms with Crippen molar-refractivity contribution in [2.45, 2.75) is 17.4 Å². The molecule has 0 spiro atoms. The molecule has 3 aromatic carbocycles. The number of nitrogens with one attached hydrogen (secondary N) is 1. The van der Waals surface area contributed by atoms with E-state index in [0.717, 1.165) is 22.3 Å². The van der Waals surface area contributed by atoms with Crippen LogP contribution < -0.4 is 4.74 Å². The number of piperazine rings is 1. The molecule has 1 aliphatic heterocycles. The minimum absolute atomic E-state index is 0.0858. The number of aromatic nitrogens is 2. The maximum atomic E-state index is 13.4. The Morgan fingerprint density at radius 2 is 1.71 bits per heavy atom. The first-order valence-electron chi connectivity index (χ1n) is 11.4. The van der Waals surface area contributed by atoms with Gasteiger partial charge in [0.25, 0.3) is 0 Å². The number of carbonyl (C=O) groups excluding carboxylic acids is 1. The molecule has 0 radical (unpaired) electrons. The molecule has 0 bridgehead atoms. The third kappa shape index (κ3) is 4.65. The van der Waals surface area contributed by atoms with Crippen LogP contribution in [0.5, 0.6) is 5.75 Å². The van der Waals surface area contributed by atoms with Crippen LogP contribution in [0.15, 0.2) is 83.8 Å². The fraction of sp³-hybridized carbons (Fsp3) is 0.231. The topological polar surface area (TPSA) is 95.6 Å². The van der Waals surface area contributed by atoms with Gasteiger partial charge in [0, 0.05) is 19.6 Å². The van der Waals surface area contributed by atoms with E-state index < -0.39 is 16.1 Å². The molecule has 1 amide bonds. The summed E-state index contributed by atoms with van der Waals surface area (Å²) in [5.74, 6) is 1.21. The van der Waals surface area contributed by atoms with E-state index in [4.69, 9.17) is 9.72 Å². The third-order valence-electron chi connectivity index (χ3n) is 6.28. The SMILES string of the molecule is COc1ccc(CC(=O)N2CCN(S(=O)(=O)c3ccccc3)CC2c2nc3ccccc3[nH]2)cc1. The van der Waals surface area contributed by atoms with Gasteiger partial charge in [-0.1, -0.05) is 42.5 Å². The number of benzene rings is 3. The smallest absolute Gasteiger partial charge is 0.243 e. The van der Waals surface area contributed by atoms with E-state index >= 15 is 0 Å². The van der Waals surface area contributed by atoms with Crippen molar-refractivity contribution in [2.24, 2.45) is 0 Å². The Kier molecular flexibility index (Phi) is 6.27.